The SMILES string of the molecule is [C-]#[N+]c1cccc(-c2ccc3c(c2)/C(=N/C#N)CC(C2CC(C)OC(C)C2)O3)c1. The first-order valence-corrected chi connectivity index (χ1v) is 9.97. The van der Waals surface area contributed by atoms with E-state index in [1.54, 1.807) is 6.07 Å². The van der Waals surface area contributed by atoms with Gasteiger partial charge in [-0.25, -0.2) is 4.85 Å². The Kier molecular flexibility index (Phi) is 5.34. The van der Waals surface area contributed by atoms with Crippen molar-refractivity contribution in [2.75, 3.05) is 0 Å². The average molecular weight is 385 g/mol. The molecule has 0 bridgehead atoms. The third-order valence-electron chi connectivity index (χ3n) is 5.72. The Balaban J connectivity index is 1.67. The molecule has 2 heterocycles. The maximum atomic E-state index is 9.25. The molecule has 2 aliphatic heterocycles. The van der Waals surface area contributed by atoms with Crippen molar-refractivity contribution in [1.29, 1.82) is 5.26 Å². The molecule has 0 spiro atoms. The maximum absolute atomic E-state index is 9.25. The van der Waals surface area contributed by atoms with Crippen LogP contribution in [0.2, 0.25) is 0 Å². The number of nitriles is 1. The Morgan fingerprint density at radius 2 is 1.86 bits per heavy atom. The first-order valence-electron chi connectivity index (χ1n) is 9.97. The van der Waals surface area contributed by atoms with Gasteiger partial charge in [0.15, 0.2) is 5.69 Å². The van der Waals surface area contributed by atoms with E-state index in [0.29, 0.717) is 18.0 Å². The lowest BCUT2D eigenvalue weighted by Crippen LogP contribution is -2.41. The van der Waals surface area contributed by atoms with Crippen LogP contribution in [0.3, 0.4) is 0 Å². The summed E-state index contributed by atoms with van der Waals surface area (Å²) in [6, 6.07) is 13.5. The molecule has 5 nitrogen and oxygen atoms in total. The average Bonchev–Trinajstić information content (AvgIpc) is 2.73. The molecule has 0 aromatic heterocycles. The number of hydrogen-bond acceptors (Lipinski definition) is 4. The fraction of sp³-hybridized carbons (Fsp3) is 0.375. The Hall–Kier alpha value is -3.15. The molecule has 2 aromatic rings. The lowest BCUT2D eigenvalue weighted by atomic mass is 9.83. The van der Waals surface area contributed by atoms with Crippen molar-refractivity contribution in [2.45, 2.75) is 51.4 Å². The molecule has 0 saturated carbocycles. The number of hydrogen-bond donors (Lipinski definition) is 0. The molecule has 29 heavy (non-hydrogen) atoms. The van der Waals surface area contributed by atoms with Gasteiger partial charge < -0.3 is 9.47 Å². The normalized spacial score (nSPS) is 27.4. The second kappa shape index (κ2) is 8.07. The molecule has 2 aliphatic rings. The van der Waals surface area contributed by atoms with E-state index < -0.39 is 0 Å². The summed E-state index contributed by atoms with van der Waals surface area (Å²) in [5.41, 5.74) is 4.18. The van der Waals surface area contributed by atoms with Crippen molar-refractivity contribution in [2.24, 2.45) is 10.9 Å². The number of rotatable bonds is 2. The quantitative estimate of drug-likeness (QED) is 0.504. The standard InChI is InChI=1S/C24H23N3O2/c1-15-9-19(10-16(2)28-15)24-13-22(27-14-25)21-12-18(7-8-23(21)29-24)17-5-4-6-20(11-17)26-3/h4-8,11-12,15-16,19,24H,9-10,13H2,1-2H3/b27-22+. The summed E-state index contributed by atoms with van der Waals surface area (Å²) in [5, 5.41) is 9.25. The Morgan fingerprint density at radius 3 is 2.59 bits per heavy atom. The molecular formula is C24H23N3O2. The van der Waals surface area contributed by atoms with Crippen molar-refractivity contribution in [3.05, 3.63) is 59.4 Å². The minimum atomic E-state index is -0.000285. The zero-order valence-electron chi connectivity index (χ0n) is 16.6. The monoisotopic (exact) mass is 385 g/mol. The summed E-state index contributed by atoms with van der Waals surface area (Å²) >= 11 is 0. The fourth-order valence-electron chi connectivity index (χ4n) is 4.49. The molecule has 3 unspecified atom stereocenters. The van der Waals surface area contributed by atoms with E-state index in [-0.39, 0.29) is 18.3 Å². The molecule has 0 N–H and O–H groups in total. The number of nitrogens with zero attached hydrogens (tertiary/aromatic N) is 3. The first kappa shape index (κ1) is 19.2. The summed E-state index contributed by atoms with van der Waals surface area (Å²) < 4.78 is 12.3. The van der Waals surface area contributed by atoms with Crippen LogP contribution < -0.4 is 4.74 Å². The van der Waals surface area contributed by atoms with E-state index in [4.69, 9.17) is 16.0 Å². The highest BCUT2D eigenvalue weighted by Crippen LogP contribution is 2.38. The van der Waals surface area contributed by atoms with E-state index in [1.807, 2.05) is 42.6 Å². The first-order chi connectivity index (χ1) is 14.1. The molecule has 146 valence electrons. The Morgan fingerprint density at radius 1 is 1.10 bits per heavy atom. The van der Waals surface area contributed by atoms with Crippen molar-refractivity contribution < 1.29 is 9.47 Å². The largest absolute Gasteiger partial charge is 0.489 e. The second-order valence-electron chi connectivity index (χ2n) is 7.88. The van der Waals surface area contributed by atoms with Gasteiger partial charge in [-0.1, -0.05) is 24.3 Å². The zero-order chi connectivity index (χ0) is 20.4. The van der Waals surface area contributed by atoms with Crippen molar-refractivity contribution in [1.82, 2.24) is 0 Å². The number of fused-ring (bicyclic) bond motifs is 1. The van der Waals surface area contributed by atoms with Gasteiger partial charge in [-0.05, 0) is 56.0 Å². The summed E-state index contributed by atoms with van der Waals surface area (Å²) in [7, 11) is 0. The van der Waals surface area contributed by atoms with Gasteiger partial charge >= 0.3 is 0 Å². The van der Waals surface area contributed by atoms with Crippen LogP contribution >= 0.6 is 0 Å². The van der Waals surface area contributed by atoms with Crippen molar-refractivity contribution >= 4 is 11.4 Å². The molecular weight excluding hydrogens is 362 g/mol. The summed E-state index contributed by atoms with van der Waals surface area (Å²) in [6.07, 6.45) is 4.91. The van der Waals surface area contributed by atoms with Gasteiger partial charge in [-0.15, -0.1) is 0 Å². The van der Waals surface area contributed by atoms with Crippen LogP contribution in [0, 0.1) is 23.9 Å². The molecule has 3 atom stereocenters. The van der Waals surface area contributed by atoms with Crippen LogP contribution in [0.15, 0.2) is 47.5 Å². The Labute approximate surface area is 171 Å². The maximum Gasteiger partial charge on any atom is 0.205 e. The summed E-state index contributed by atoms with van der Waals surface area (Å²) in [4.78, 5) is 7.65. The summed E-state index contributed by atoms with van der Waals surface area (Å²) in [5.74, 6) is 1.15. The van der Waals surface area contributed by atoms with Crippen molar-refractivity contribution in [3.8, 4) is 23.1 Å². The molecule has 0 aliphatic carbocycles. The topological polar surface area (TPSA) is 59.0 Å². The van der Waals surface area contributed by atoms with Crippen molar-refractivity contribution in [3.63, 3.8) is 0 Å². The van der Waals surface area contributed by atoms with Crippen LogP contribution in [0.5, 0.6) is 5.75 Å². The predicted octanol–water partition coefficient (Wildman–Crippen LogP) is 5.53. The number of benzene rings is 2. The molecule has 1 saturated heterocycles. The van der Waals surface area contributed by atoms with E-state index in [0.717, 1.165) is 41.0 Å². The van der Waals surface area contributed by atoms with Crippen LogP contribution in [-0.2, 0) is 4.74 Å². The molecule has 5 heteroatoms. The van der Waals surface area contributed by atoms with Crippen LogP contribution in [0.1, 0.15) is 38.7 Å². The van der Waals surface area contributed by atoms with Crippen LogP contribution in [0.25, 0.3) is 16.0 Å². The van der Waals surface area contributed by atoms with E-state index >= 15 is 0 Å². The second-order valence-corrected chi connectivity index (χ2v) is 7.88. The third-order valence-corrected chi connectivity index (χ3v) is 5.72. The van der Waals surface area contributed by atoms with Gasteiger partial charge in [0.05, 0.1) is 24.5 Å². The van der Waals surface area contributed by atoms with Gasteiger partial charge in [0.2, 0.25) is 6.19 Å². The minimum Gasteiger partial charge on any atom is -0.489 e. The van der Waals surface area contributed by atoms with Gasteiger partial charge in [0.25, 0.3) is 0 Å². The molecule has 2 aromatic carbocycles. The van der Waals surface area contributed by atoms with E-state index in [1.165, 1.54) is 0 Å². The van der Waals surface area contributed by atoms with E-state index in [9.17, 15) is 5.26 Å². The molecule has 0 amide bonds. The van der Waals surface area contributed by atoms with Gasteiger partial charge in [0.1, 0.15) is 11.9 Å². The lowest BCUT2D eigenvalue weighted by Gasteiger charge is -2.39. The fourth-order valence-corrected chi connectivity index (χ4v) is 4.49. The van der Waals surface area contributed by atoms with Crippen LogP contribution in [0.4, 0.5) is 5.69 Å². The van der Waals surface area contributed by atoms with E-state index in [2.05, 4.69) is 23.7 Å². The Bertz CT molecular complexity index is 1020. The predicted molar refractivity (Wildman–Crippen MR) is 112 cm³/mol. The van der Waals surface area contributed by atoms with Gasteiger partial charge in [-0.2, -0.15) is 10.3 Å². The number of ether oxygens (including phenoxy) is 2. The zero-order valence-corrected chi connectivity index (χ0v) is 16.6. The van der Waals surface area contributed by atoms with Crippen LogP contribution in [-0.4, -0.2) is 24.0 Å². The highest BCUT2D eigenvalue weighted by atomic mass is 16.5. The summed E-state index contributed by atoms with van der Waals surface area (Å²) in [6.45, 7) is 11.4. The highest BCUT2D eigenvalue weighted by Gasteiger charge is 2.36. The highest BCUT2D eigenvalue weighted by molar-refractivity contribution is 6.05. The molecule has 4 rings (SSSR count). The third kappa shape index (κ3) is 4.01. The van der Waals surface area contributed by atoms with Gasteiger partial charge in [-0.3, -0.25) is 0 Å². The molecule has 0 radical (unpaired) electrons. The minimum absolute atomic E-state index is 0.000285. The number of aliphatic imine (C=N–C) groups is 1. The smallest absolute Gasteiger partial charge is 0.205 e. The van der Waals surface area contributed by atoms with Gasteiger partial charge in [0, 0.05) is 17.9 Å². The molecule has 1 fully saturated rings. The lowest BCUT2D eigenvalue weighted by molar-refractivity contribution is -0.0736.